The molecule has 0 radical (unpaired) electrons. The number of amides is 1. The predicted octanol–water partition coefficient (Wildman–Crippen LogP) is 1.04. The molecule has 1 aromatic rings. The minimum Gasteiger partial charge on any atom is -0.395 e. The standard InChI is InChI=1S/C16H23ClN2O3/c17-15-3-1-2-14(12-15)13-16(21)19(6-9-20)5-4-18-7-10-22-11-8-18/h1-3,12,20H,4-11,13H2. The smallest absolute Gasteiger partial charge is 0.227 e. The van der Waals surface area contributed by atoms with Crippen LogP contribution in [0.3, 0.4) is 0 Å². The average Bonchev–Trinajstić information content (AvgIpc) is 2.52. The minimum absolute atomic E-state index is 0.0181. The van der Waals surface area contributed by atoms with Crippen molar-refractivity contribution in [1.29, 1.82) is 0 Å². The number of benzene rings is 1. The zero-order valence-corrected chi connectivity index (χ0v) is 13.5. The molecule has 5 nitrogen and oxygen atoms in total. The van der Waals surface area contributed by atoms with Crippen molar-refractivity contribution in [3.63, 3.8) is 0 Å². The zero-order chi connectivity index (χ0) is 15.8. The zero-order valence-electron chi connectivity index (χ0n) is 12.7. The Labute approximate surface area is 136 Å². The van der Waals surface area contributed by atoms with E-state index in [1.54, 1.807) is 17.0 Å². The molecule has 0 saturated carbocycles. The lowest BCUT2D eigenvalue weighted by atomic mass is 10.1. The molecule has 0 atom stereocenters. The first-order chi connectivity index (χ1) is 10.7. The first-order valence-electron chi connectivity index (χ1n) is 7.62. The van der Waals surface area contributed by atoms with Crippen molar-refractivity contribution in [3.05, 3.63) is 34.9 Å². The average molecular weight is 327 g/mol. The van der Waals surface area contributed by atoms with Crippen LogP contribution in [0.5, 0.6) is 0 Å². The molecule has 1 fully saturated rings. The third-order valence-corrected chi connectivity index (χ3v) is 3.99. The van der Waals surface area contributed by atoms with Gasteiger partial charge in [-0.15, -0.1) is 0 Å². The summed E-state index contributed by atoms with van der Waals surface area (Å²) < 4.78 is 5.32. The summed E-state index contributed by atoms with van der Waals surface area (Å²) in [5, 5.41) is 9.82. The van der Waals surface area contributed by atoms with E-state index in [0.717, 1.165) is 38.4 Å². The Morgan fingerprint density at radius 3 is 2.77 bits per heavy atom. The Morgan fingerprint density at radius 1 is 1.32 bits per heavy atom. The molecule has 0 unspecified atom stereocenters. The van der Waals surface area contributed by atoms with E-state index in [2.05, 4.69) is 4.90 Å². The fraction of sp³-hybridized carbons (Fsp3) is 0.562. The number of hydrogen-bond acceptors (Lipinski definition) is 4. The van der Waals surface area contributed by atoms with Crippen molar-refractivity contribution >= 4 is 17.5 Å². The predicted molar refractivity (Wildman–Crippen MR) is 86.1 cm³/mol. The summed E-state index contributed by atoms with van der Waals surface area (Å²) >= 11 is 5.95. The monoisotopic (exact) mass is 326 g/mol. The molecule has 1 N–H and O–H groups in total. The van der Waals surface area contributed by atoms with Crippen molar-refractivity contribution in [2.24, 2.45) is 0 Å². The lowest BCUT2D eigenvalue weighted by Crippen LogP contribution is -2.44. The van der Waals surface area contributed by atoms with Gasteiger partial charge in [-0.25, -0.2) is 0 Å². The third kappa shape index (κ3) is 5.57. The molecular weight excluding hydrogens is 304 g/mol. The minimum atomic E-state index is -0.0234. The molecule has 0 bridgehead atoms. The molecule has 1 amide bonds. The number of carbonyl (C=O) groups excluding carboxylic acids is 1. The van der Waals surface area contributed by atoms with Gasteiger partial charge in [0.15, 0.2) is 0 Å². The highest BCUT2D eigenvalue weighted by atomic mass is 35.5. The summed E-state index contributed by atoms with van der Waals surface area (Å²) in [7, 11) is 0. The normalized spacial score (nSPS) is 15.7. The van der Waals surface area contributed by atoms with E-state index in [0.29, 0.717) is 24.5 Å². The van der Waals surface area contributed by atoms with Gasteiger partial charge in [0.25, 0.3) is 0 Å². The maximum absolute atomic E-state index is 12.4. The summed E-state index contributed by atoms with van der Waals surface area (Å²) in [5.41, 5.74) is 0.895. The van der Waals surface area contributed by atoms with Crippen LogP contribution in [0.1, 0.15) is 5.56 Å². The molecule has 122 valence electrons. The number of nitrogens with zero attached hydrogens (tertiary/aromatic N) is 2. The first kappa shape index (κ1) is 17.2. The molecule has 22 heavy (non-hydrogen) atoms. The molecule has 1 aromatic carbocycles. The number of aliphatic hydroxyl groups is 1. The van der Waals surface area contributed by atoms with Crippen LogP contribution in [-0.2, 0) is 16.0 Å². The van der Waals surface area contributed by atoms with Crippen LogP contribution >= 0.6 is 11.6 Å². The molecule has 0 spiro atoms. The maximum Gasteiger partial charge on any atom is 0.227 e. The quantitative estimate of drug-likeness (QED) is 0.813. The molecule has 1 aliphatic heterocycles. The van der Waals surface area contributed by atoms with Crippen molar-refractivity contribution in [2.45, 2.75) is 6.42 Å². The number of rotatable bonds is 7. The van der Waals surface area contributed by atoms with Crippen molar-refractivity contribution in [2.75, 3.05) is 52.5 Å². The maximum atomic E-state index is 12.4. The third-order valence-electron chi connectivity index (χ3n) is 3.76. The Morgan fingerprint density at radius 2 is 2.09 bits per heavy atom. The molecule has 1 heterocycles. The Balaban J connectivity index is 1.86. The van der Waals surface area contributed by atoms with Crippen LogP contribution in [0.25, 0.3) is 0 Å². The molecule has 1 saturated heterocycles. The topological polar surface area (TPSA) is 53.0 Å². The SMILES string of the molecule is O=C(Cc1cccc(Cl)c1)N(CCO)CCN1CCOCC1. The second-order valence-electron chi connectivity index (χ2n) is 5.37. The summed E-state index contributed by atoms with van der Waals surface area (Å²) in [6.07, 6.45) is 0.309. The summed E-state index contributed by atoms with van der Waals surface area (Å²) in [5.74, 6) is 0.0181. The first-order valence-corrected chi connectivity index (χ1v) is 8.00. The van der Waals surface area contributed by atoms with Gasteiger partial charge < -0.3 is 14.7 Å². The van der Waals surface area contributed by atoms with E-state index in [-0.39, 0.29) is 12.5 Å². The van der Waals surface area contributed by atoms with E-state index in [1.807, 2.05) is 12.1 Å². The van der Waals surface area contributed by atoms with Gasteiger partial charge in [0, 0.05) is 37.7 Å². The van der Waals surface area contributed by atoms with Crippen molar-refractivity contribution in [1.82, 2.24) is 9.80 Å². The van der Waals surface area contributed by atoms with E-state index in [9.17, 15) is 9.90 Å². The number of morpholine rings is 1. The number of carbonyl (C=O) groups is 1. The molecule has 1 aliphatic rings. The van der Waals surface area contributed by atoms with Gasteiger partial charge in [-0.2, -0.15) is 0 Å². The van der Waals surface area contributed by atoms with Crippen LogP contribution in [-0.4, -0.2) is 73.4 Å². The van der Waals surface area contributed by atoms with Crippen LogP contribution in [0.2, 0.25) is 5.02 Å². The number of hydrogen-bond donors (Lipinski definition) is 1. The van der Waals surface area contributed by atoms with Crippen LogP contribution in [0.15, 0.2) is 24.3 Å². The van der Waals surface area contributed by atoms with E-state index < -0.39 is 0 Å². The van der Waals surface area contributed by atoms with Gasteiger partial charge >= 0.3 is 0 Å². The van der Waals surface area contributed by atoms with Gasteiger partial charge in [0.05, 0.1) is 26.2 Å². The Bertz CT molecular complexity index is 478. The van der Waals surface area contributed by atoms with Gasteiger partial charge in [-0.05, 0) is 17.7 Å². The van der Waals surface area contributed by atoms with Crippen LogP contribution in [0, 0.1) is 0 Å². The molecule has 6 heteroatoms. The van der Waals surface area contributed by atoms with Crippen LogP contribution in [0.4, 0.5) is 0 Å². The van der Waals surface area contributed by atoms with Gasteiger partial charge in [-0.1, -0.05) is 23.7 Å². The second kappa shape index (κ2) is 9.10. The van der Waals surface area contributed by atoms with Crippen molar-refractivity contribution in [3.8, 4) is 0 Å². The molecule has 0 aromatic heterocycles. The number of aliphatic hydroxyl groups excluding tert-OH is 1. The molecule has 2 rings (SSSR count). The second-order valence-corrected chi connectivity index (χ2v) is 5.80. The van der Waals surface area contributed by atoms with Gasteiger partial charge in [-0.3, -0.25) is 9.69 Å². The van der Waals surface area contributed by atoms with Crippen molar-refractivity contribution < 1.29 is 14.6 Å². The highest BCUT2D eigenvalue weighted by molar-refractivity contribution is 6.30. The van der Waals surface area contributed by atoms with Gasteiger partial charge in [0.2, 0.25) is 5.91 Å². The fourth-order valence-electron chi connectivity index (χ4n) is 2.50. The summed E-state index contributed by atoms with van der Waals surface area (Å²) in [4.78, 5) is 16.4. The van der Waals surface area contributed by atoms with Gasteiger partial charge in [0.1, 0.15) is 0 Å². The largest absolute Gasteiger partial charge is 0.395 e. The lowest BCUT2D eigenvalue weighted by Gasteiger charge is -2.30. The Hall–Kier alpha value is -1.14. The van der Waals surface area contributed by atoms with E-state index in [1.165, 1.54) is 0 Å². The fourth-order valence-corrected chi connectivity index (χ4v) is 2.72. The van der Waals surface area contributed by atoms with E-state index >= 15 is 0 Å². The highest BCUT2D eigenvalue weighted by Gasteiger charge is 2.16. The highest BCUT2D eigenvalue weighted by Crippen LogP contribution is 2.12. The summed E-state index contributed by atoms with van der Waals surface area (Å²) in [6, 6.07) is 7.33. The number of halogens is 1. The lowest BCUT2D eigenvalue weighted by molar-refractivity contribution is -0.131. The summed E-state index contributed by atoms with van der Waals surface area (Å²) in [6.45, 7) is 5.07. The van der Waals surface area contributed by atoms with E-state index in [4.69, 9.17) is 16.3 Å². The number of ether oxygens (including phenoxy) is 1. The Kier molecular flexibility index (Phi) is 7.12. The molecular formula is C16H23ClN2O3. The molecule has 0 aliphatic carbocycles. The van der Waals surface area contributed by atoms with Crippen LogP contribution < -0.4 is 0 Å².